The van der Waals surface area contributed by atoms with E-state index in [9.17, 15) is 34.8 Å². The van der Waals surface area contributed by atoms with Gasteiger partial charge in [-0.3, -0.25) is 0 Å². The Labute approximate surface area is 126 Å². The molecule has 0 N–H and O–H groups in total. The van der Waals surface area contributed by atoms with Crippen molar-refractivity contribution in [1.29, 1.82) is 0 Å². The molecule has 1 aromatic rings. The standard InChI is InChI=1S/C8H3BrClF6NO3S/c9-2-3-6(21(10,18)19)4(20-8(14,15)16)1-5(17-3)7(11,12)13/h1H,2H2. The average Bonchev–Trinajstić information content (AvgIpc) is 2.22. The van der Waals surface area contributed by atoms with Crippen LogP contribution in [0.25, 0.3) is 0 Å². The van der Waals surface area contributed by atoms with Gasteiger partial charge >= 0.3 is 12.5 Å². The van der Waals surface area contributed by atoms with Gasteiger partial charge in [-0.15, -0.1) is 13.2 Å². The summed E-state index contributed by atoms with van der Waals surface area (Å²) in [7, 11) is 0.102. The highest BCUT2D eigenvalue weighted by atomic mass is 79.9. The van der Waals surface area contributed by atoms with Crippen molar-refractivity contribution in [2.75, 3.05) is 0 Å². The van der Waals surface area contributed by atoms with Gasteiger partial charge in [0.15, 0.2) is 5.75 Å². The van der Waals surface area contributed by atoms with E-state index in [1.807, 2.05) is 0 Å². The Morgan fingerprint density at radius 3 is 2.10 bits per heavy atom. The summed E-state index contributed by atoms with van der Waals surface area (Å²) in [6.45, 7) is 0. The molecule has 1 aromatic heterocycles. The minimum atomic E-state index is -5.41. The Bertz CT molecular complexity index is 645. The third-order valence-corrected chi connectivity index (χ3v) is 3.81. The summed E-state index contributed by atoms with van der Waals surface area (Å²) >= 11 is 2.63. The summed E-state index contributed by atoms with van der Waals surface area (Å²) in [4.78, 5) is 1.65. The van der Waals surface area contributed by atoms with Gasteiger partial charge in [-0.25, -0.2) is 13.4 Å². The van der Waals surface area contributed by atoms with Crippen LogP contribution in [0.5, 0.6) is 5.75 Å². The zero-order valence-corrected chi connectivity index (χ0v) is 12.5. The van der Waals surface area contributed by atoms with Crippen molar-refractivity contribution in [3.8, 4) is 5.75 Å². The minimum absolute atomic E-state index is 0.186. The van der Waals surface area contributed by atoms with E-state index in [0.717, 1.165) is 0 Å². The molecule has 4 nitrogen and oxygen atoms in total. The van der Waals surface area contributed by atoms with Gasteiger partial charge in [0.1, 0.15) is 10.6 Å². The van der Waals surface area contributed by atoms with Crippen LogP contribution in [0.3, 0.4) is 0 Å². The van der Waals surface area contributed by atoms with E-state index in [-0.39, 0.29) is 6.07 Å². The van der Waals surface area contributed by atoms with Gasteiger partial charge in [0.25, 0.3) is 9.05 Å². The Kier molecular flexibility index (Phi) is 5.05. The van der Waals surface area contributed by atoms with Gasteiger partial charge in [-0.2, -0.15) is 13.2 Å². The van der Waals surface area contributed by atoms with Crippen LogP contribution >= 0.6 is 26.6 Å². The summed E-state index contributed by atoms with van der Waals surface area (Å²) < 4.78 is 100. The number of aromatic nitrogens is 1. The molecule has 0 spiro atoms. The highest BCUT2D eigenvalue weighted by Gasteiger charge is 2.39. The molecule has 0 unspecified atom stereocenters. The van der Waals surface area contributed by atoms with E-state index in [0.29, 0.717) is 0 Å². The van der Waals surface area contributed by atoms with Crippen molar-refractivity contribution >= 4 is 35.7 Å². The molecule has 0 aromatic carbocycles. The van der Waals surface area contributed by atoms with E-state index in [1.54, 1.807) is 0 Å². The maximum atomic E-state index is 12.5. The normalized spacial score (nSPS) is 13.3. The Balaban J connectivity index is 3.69. The molecule has 0 aliphatic carbocycles. The zero-order valence-electron chi connectivity index (χ0n) is 9.39. The lowest BCUT2D eigenvalue weighted by Gasteiger charge is -2.16. The molecule has 0 bridgehead atoms. The summed E-state index contributed by atoms with van der Waals surface area (Å²) in [5, 5.41) is -0.591. The molecule has 1 heterocycles. The molecule has 120 valence electrons. The summed E-state index contributed by atoms with van der Waals surface area (Å²) in [5.74, 6) is -1.60. The van der Waals surface area contributed by atoms with Crippen LogP contribution in [-0.4, -0.2) is 19.8 Å². The maximum Gasteiger partial charge on any atom is 0.573 e. The summed E-state index contributed by atoms with van der Waals surface area (Å²) in [6, 6.07) is -0.186. The van der Waals surface area contributed by atoms with Crippen LogP contribution in [0.15, 0.2) is 11.0 Å². The lowest BCUT2D eigenvalue weighted by molar-refractivity contribution is -0.275. The molecule has 0 saturated carbocycles. The third kappa shape index (κ3) is 4.88. The second-order valence-corrected chi connectivity index (χ2v) is 6.46. The van der Waals surface area contributed by atoms with Crippen molar-refractivity contribution in [3.63, 3.8) is 0 Å². The molecule has 0 radical (unpaired) electrons. The van der Waals surface area contributed by atoms with Crippen LogP contribution in [0.1, 0.15) is 11.4 Å². The predicted molar refractivity (Wildman–Crippen MR) is 61.6 cm³/mol. The fourth-order valence-corrected chi connectivity index (χ4v) is 3.08. The van der Waals surface area contributed by atoms with Gasteiger partial charge < -0.3 is 4.74 Å². The second-order valence-electron chi connectivity index (χ2n) is 3.40. The SMILES string of the molecule is O=S(=O)(Cl)c1c(OC(F)(F)F)cc(C(F)(F)F)nc1CBr. The highest BCUT2D eigenvalue weighted by Crippen LogP contribution is 2.39. The van der Waals surface area contributed by atoms with E-state index >= 15 is 0 Å². The van der Waals surface area contributed by atoms with Gasteiger partial charge in [0, 0.05) is 22.1 Å². The number of ether oxygens (including phenoxy) is 1. The monoisotopic (exact) mass is 421 g/mol. The number of alkyl halides is 7. The number of hydrogen-bond acceptors (Lipinski definition) is 4. The first-order chi connectivity index (χ1) is 9.25. The molecule has 0 atom stereocenters. The van der Waals surface area contributed by atoms with E-state index in [1.165, 1.54) is 0 Å². The van der Waals surface area contributed by atoms with Crippen molar-refractivity contribution < 1.29 is 39.5 Å². The van der Waals surface area contributed by atoms with Crippen molar-refractivity contribution in [3.05, 3.63) is 17.5 Å². The molecule has 0 saturated heterocycles. The topological polar surface area (TPSA) is 56.3 Å². The first kappa shape index (κ1) is 18.3. The van der Waals surface area contributed by atoms with Crippen LogP contribution in [0.4, 0.5) is 26.3 Å². The fraction of sp³-hybridized carbons (Fsp3) is 0.375. The average molecular weight is 423 g/mol. The van der Waals surface area contributed by atoms with Gasteiger partial charge in [-0.05, 0) is 0 Å². The molecule has 0 amide bonds. The Hall–Kier alpha value is -0.750. The smallest absolute Gasteiger partial charge is 0.404 e. The van der Waals surface area contributed by atoms with Crippen molar-refractivity contribution in [2.24, 2.45) is 0 Å². The third-order valence-electron chi connectivity index (χ3n) is 1.90. The lowest BCUT2D eigenvalue weighted by Crippen LogP contribution is -2.21. The first-order valence-corrected chi connectivity index (χ1v) is 8.06. The van der Waals surface area contributed by atoms with Crippen LogP contribution in [-0.2, 0) is 20.6 Å². The maximum absolute atomic E-state index is 12.5. The fourth-order valence-electron chi connectivity index (χ4n) is 1.26. The van der Waals surface area contributed by atoms with Crippen LogP contribution in [0.2, 0.25) is 0 Å². The Morgan fingerprint density at radius 1 is 1.24 bits per heavy atom. The van der Waals surface area contributed by atoms with Crippen molar-refractivity contribution in [2.45, 2.75) is 22.8 Å². The summed E-state index contributed by atoms with van der Waals surface area (Å²) in [6.07, 6.45) is -10.5. The molecule has 21 heavy (non-hydrogen) atoms. The number of rotatable bonds is 3. The van der Waals surface area contributed by atoms with Gasteiger partial charge in [0.05, 0.1) is 5.69 Å². The molecular formula is C8H3BrClF6NO3S. The van der Waals surface area contributed by atoms with Crippen molar-refractivity contribution in [1.82, 2.24) is 4.98 Å². The molecule has 0 aliphatic rings. The number of hydrogen-bond donors (Lipinski definition) is 0. The Morgan fingerprint density at radius 2 is 1.76 bits per heavy atom. The van der Waals surface area contributed by atoms with Gasteiger partial charge in [0.2, 0.25) is 0 Å². The molecule has 13 heteroatoms. The van der Waals surface area contributed by atoms with Crippen LogP contribution in [0, 0.1) is 0 Å². The summed E-state index contributed by atoms with van der Waals surface area (Å²) in [5.41, 5.74) is -2.61. The number of pyridine rings is 1. The zero-order chi connectivity index (χ0) is 16.6. The highest BCUT2D eigenvalue weighted by molar-refractivity contribution is 9.08. The van der Waals surface area contributed by atoms with Gasteiger partial charge in [-0.1, -0.05) is 15.9 Å². The second kappa shape index (κ2) is 5.80. The quantitative estimate of drug-likeness (QED) is 0.422. The van der Waals surface area contributed by atoms with E-state index in [2.05, 4.69) is 25.7 Å². The molecule has 0 aliphatic heterocycles. The number of nitrogens with zero attached hydrogens (tertiary/aromatic N) is 1. The molecule has 0 fully saturated rings. The predicted octanol–water partition coefficient (Wildman–Crippen LogP) is 3.82. The first-order valence-electron chi connectivity index (χ1n) is 4.63. The largest absolute Gasteiger partial charge is 0.573 e. The van der Waals surface area contributed by atoms with E-state index < -0.39 is 49.0 Å². The minimum Gasteiger partial charge on any atom is -0.404 e. The number of halogens is 8. The molecular weight excluding hydrogens is 420 g/mol. The lowest BCUT2D eigenvalue weighted by atomic mass is 10.3. The molecule has 1 rings (SSSR count). The van der Waals surface area contributed by atoms with Crippen LogP contribution < -0.4 is 4.74 Å². The van der Waals surface area contributed by atoms with E-state index in [4.69, 9.17) is 10.7 Å².